The Hall–Kier alpha value is -1.98. The Kier molecular flexibility index (Phi) is 3.55. The van der Waals surface area contributed by atoms with E-state index in [-0.39, 0.29) is 36.1 Å². The van der Waals surface area contributed by atoms with Crippen LogP contribution in [0.4, 0.5) is 5.95 Å². The van der Waals surface area contributed by atoms with E-state index in [4.69, 9.17) is 0 Å². The lowest BCUT2D eigenvalue weighted by Crippen LogP contribution is -2.33. The number of nitrogens with one attached hydrogen (secondary N) is 1. The van der Waals surface area contributed by atoms with Gasteiger partial charge in [-0.15, -0.1) is 0 Å². The lowest BCUT2D eigenvalue weighted by atomic mass is 10.1. The van der Waals surface area contributed by atoms with Crippen LogP contribution in [0.3, 0.4) is 0 Å². The summed E-state index contributed by atoms with van der Waals surface area (Å²) < 4.78 is 0. The molecule has 0 spiro atoms. The van der Waals surface area contributed by atoms with E-state index in [1.165, 1.54) is 0 Å². The zero-order valence-electron chi connectivity index (χ0n) is 10.5. The van der Waals surface area contributed by atoms with E-state index >= 15 is 0 Å². The van der Waals surface area contributed by atoms with Crippen molar-refractivity contribution in [1.82, 2.24) is 14.9 Å². The maximum atomic E-state index is 12.0. The zero-order chi connectivity index (χ0) is 13.1. The van der Waals surface area contributed by atoms with Crippen LogP contribution < -0.4 is 5.32 Å². The predicted octanol–water partition coefficient (Wildman–Crippen LogP) is 0.672. The Labute approximate surface area is 105 Å². The van der Waals surface area contributed by atoms with E-state index in [9.17, 15) is 9.59 Å². The van der Waals surface area contributed by atoms with Gasteiger partial charge in [0.1, 0.15) is 0 Å². The summed E-state index contributed by atoms with van der Waals surface area (Å²) in [6, 6.07) is 1.80. The number of rotatable bonds is 3. The number of likely N-dealkylation sites (tertiary alicyclic amines) is 1. The van der Waals surface area contributed by atoms with E-state index in [0.29, 0.717) is 6.54 Å². The Morgan fingerprint density at radius 3 is 2.67 bits per heavy atom. The number of nitrogens with zero attached hydrogens (tertiary/aromatic N) is 3. The molecule has 0 saturated carbocycles. The molecule has 0 aromatic carbocycles. The largest absolute Gasteiger partial charge is 0.339 e. The molecule has 0 bridgehead atoms. The molecule has 1 atom stereocenters. The number of anilines is 1. The second-order valence-electron chi connectivity index (χ2n) is 4.60. The second kappa shape index (κ2) is 5.12. The van der Waals surface area contributed by atoms with Crippen LogP contribution in [-0.4, -0.2) is 39.3 Å². The van der Waals surface area contributed by atoms with Gasteiger partial charge in [-0.3, -0.25) is 14.9 Å². The highest BCUT2D eigenvalue weighted by atomic mass is 16.2. The third-order valence-electron chi connectivity index (χ3n) is 2.95. The molecule has 0 aliphatic carbocycles. The van der Waals surface area contributed by atoms with E-state index in [1.807, 2.05) is 13.8 Å². The van der Waals surface area contributed by atoms with E-state index in [0.717, 1.165) is 0 Å². The third kappa shape index (κ3) is 2.64. The van der Waals surface area contributed by atoms with Gasteiger partial charge in [-0.25, -0.2) is 9.97 Å². The van der Waals surface area contributed by atoms with Gasteiger partial charge in [-0.05, 0) is 19.9 Å². The molecular formula is C12H16N4O2. The van der Waals surface area contributed by atoms with Gasteiger partial charge in [-0.1, -0.05) is 0 Å². The summed E-state index contributed by atoms with van der Waals surface area (Å²) in [7, 11) is 0. The van der Waals surface area contributed by atoms with Crippen molar-refractivity contribution in [2.24, 2.45) is 5.92 Å². The Morgan fingerprint density at radius 2 is 2.11 bits per heavy atom. The van der Waals surface area contributed by atoms with Crippen molar-refractivity contribution in [3.05, 3.63) is 18.5 Å². The highest BCUT2D eigenvalue weighted by Gasteiger charge is 2.35. The number of carbonyl (C=O) groups excluding carboxylic acids is 2. The van der Waals surface area contributed by atoms with Crippen LogP contribution in [-0.2, 0) is 9.59 Å². The summed E-state index contributed by atoms with van der Waals surface area (Å²) in [6.07, 6.45) is 3.38. The van der Waals surface area contributed by atoms with Gasteiger partial charge in [0.2, 0.25) is 17.8 Å². The summed E-state index contributed by atoms with van der Waals surface area (Å²) in [5.74, 6) is -0.210. The topological polar surface area (TPSA) is 75.2 Å². The zero-order valence-corrected chi connectivity index (χ0v) is 10.5. The molecule has 1 aromatic heterocycles. The van der Waals surface area contributed by atoms with Crippen LogP contribution in [0.1, 0.15) is 20.3 Å². The summed E-state index contributed by atoms with van der Waals surface area (Å²) in [5, 5.41) is 2.62. The van der Waals surface area contributed by atoms with E-state index in [2.05, 4.69) is 15.3 Å². The molecule has 1 aromatic rings. The molecule has 1 saturated heterocycles. The minimum Gasteiger partial charge on any atom is -0.339 e. The molecule has 1 aliphatic rings. The van der Waals surface area contributed by atoms with E-state index in [1.54, 1.807) is 23.4 Å². The molecule has 2 heterocycles. The average molecular weight is 248 g/mol. The molecule has 6 heteroatoms. The van der Waals surface area contributed by atoms with Crippen molar-refractivity contribution in [1.29, 1.82) is 0 Å². The van der Waals surface area contributed by atoms with Crippen molar-refractivity contribution in [2.75, 3.05) is 11.9 Å². The second-order valence-corrected chi connectivity index (χ2v) is 4.60. The standard InChI is InChI=1S/C12H16N4O2/c1-8(2)16-7-9(6-10(16)17)11(18)15-12-13-4-3-5-14-12/h3-5,8-9H,6-7H2,1-2H3,(H,13,14,15,18)/t9-/m0/s1. The Bertz CT molecular complexity index is 447. The van der Waals surface area contributed by atoms with Gasteiger partial charge in [0.25, 0.3) is 0 Å². The van der Waals surface area contributed by atoms with Gasteiger partial charge >= 0.3 is 0 Å². The molecule has 6 nitrogen and oxygen atoms in total. The van der Waals surface area contributed by atoms with Crippen LogP contribution in [0.25, 0.3) is 0 Å². The highest BCUT2D eigenvalue weighted by molar-refractivity contribution is 5.96. The van der Waals surface area contributed by atoms with Crippen molar-refractivity contribution in [2.45, 2.75) is 26.3 Å². The SMILES string of the molecule is CC(C)N1C[C@@H](C(=O)Nc2ncccn2)CC1=O. The van der Waals surface area contributed by atoms with Gasteiger partial charge in [0.05, 0.1) is 5.92 Å². The predicted molar refractivity (Wildman–Crippen MR) is 65.6 cm³/mol. The first-order chi connectivity index (χ1) is 8.58. The lowest BCUT2D eigenvalue weighted by molar-refractivity contribution is -0.129. The fourth-order valence-corrected chi connectivity index (χ4v) is 1.98. The molecular weight excluding hydrogens is 232 g/mol. The van der Waals surface area contributed by atoms with Crippen molar-refractivity contribution in [3.8, 4) is 0 Å². The number of carbonyl (C=O) groups is 2. The molecule has 96 valence electrons. The molecule has 18 heavy (non-hydrogen) atoms. The quantitative estimate of drug-likeness (QED) is 0.853. The normalized spacial score (nSPS) is 19.4. The minimum atomic E-state index is -0.316. The molecule has 2 amide bonds. The Balaban J connectivity index is 1.97. The molecule has 0 radical (unpaired) electrons. The fourth-order valence-electron chi connectivity index (χ4n) is 1.98. The molecule has 1 aliphatic heterocycles. The van der Waals surface area contributed by atoms with Crippen molar-refractivity contribution < 1.29 is 9.59 Å². The van der Waals surface area contributed by atoms with Crippen LogP contribution in [0, 0.1) is 5.92 Å². The highest BCUT2D eigenvalue weighted by Crippen LogP contribution is 2.21. The van der Waals surface area contributed by atoms with Gasteiger partial charge < -0.3 is 4.90 Å². The van der Waals surface area contributed by atoms with Gasteiger partial charge in [0.15, 0.2) is 0 Å². The monoisotopic (exact) mass is 248 g/mol. The lowest BCUT2D eigenvalue weighted by Gasteiger charge is -2.20. The number of hydrogen-bond acceptors (Lipinski definition) is 4. The van der Waals surface area contributed by atoms with Gasteiger partial charge in [-0.2, -0.15) is 0 Å². The molecule has 2 rings (SSSR count). The maximum absolute atomic E-state index is 12.0. The van der Waals surface area contributed by atoms with Crippen LogP contribution in [0.5, 0.6) is 0 Å². The number of amides is 2. The molecule has 1 N–H and O–H groups in total. The van der Waals surface area contributed by atoms with Crippen LogP contribution >= 0.6 is 0 Å². The van der Waals surface area contributed by atoms with Crippen molar-refractivity contribution >= 4 is 17.8 Å². The number of hydrogen-bond donors (Lipinski definition) is 1. The van der Waals surface area contributed by atoms with E-state index < -0.39 is 0 Å². The average Bonchev–Trinajstić information content (AvgIpc) is 2.73. The number of aromatic nitrogens is 2. The van der Waals surface area contributed by atoms with Crippen LogP contribution in [0.2, 0.25) is 0 Å². The van der Waals surface area contributed by atoms with Crippen molar-refractivity contribution in [3.63, 3.8) is 0 Å². The maximum Gasteiger partial charge on any atom is 0.232 e. The van der Waals surface area contributed by atoms with Crippen LogP contribution in [0.15, 0.2) is 18.5 Å². The molecule has 1 fully saturated rings. The Morgan fingerprint density at radius 1 is 1.44 bits per heavy atom. The fraction of sp³-hybridized carbons (Fsp3) is 0.500. The first kappa shape index (κ1) is 12.5. The molecule has 0 unspecified atom stereocenters. The first-order valence-electron chi connectivity index (χ1n) is 5.95. The minimum absolute atomic E-state index is 0.0270. The summed E-state index contributed by atoms with van der Waals surface area (Å²) in [6.45, 7) is 4.35. The first-order valence-corrected chi connectivity index (χ1v) is 5.95. The van der Waals surface area contributed by atoms with Gasteiger partial charge in [0, 0.05) is 31.4 Å². The smallest absolute Gasteiger partial charge is 0.232 e. The third-order valence-corrected chi connectivity index (χ3v) is 2.95. The summed E-state index contributed by atoms with van der Waals surface area (Å²) >= 11 is 0. The summed E-state index contributed by atoms with van der Waals surface area (Å²) in [4.78, 5) is 33.2. The summed E-state index contributed by atoms with van der Waals surface area (Å²) in [5.41, 5.74) is 0.